The summed E-state index contributed by atoms with van der Waals surface area (Å²) in [7, 11) is 0. The summed E-state index contributed by atoms with van der Waals surface area (Å²) < 4.78 is 11.1. The summed E-state index contributed by atoms with van der Waals surface area (Å²) in [6.07, 6.45) is 1.01. The lowest BCUT2D eigenvalue weighted by atomic mass is 9.88. The van der Waals surface area contributed by atoms with Crippen molar-refractivity contribution in [3.8, 4) is 11.5 Å². The summed E-state index contributed by atoms with van der Waals surface area (Å²) >= 11 is 0. The summed E-state index contributed by atoms with van der Waals surface area (Å²) in [4.78, 5) is 11.8. The van der Waals surface area contributed by atoms with Gasteiger partial charge in [0.05, 0.1) is 0 Å². The van der Waals surface area contributed by atoms with E-state index in [-0.39, 0.29) is 5.91 Å². The SMILES string of the molecule is CCC1CNC(=O)c2cc3c(cc21)OCCO3. The van der Waals surface area contributed by atoms with Crippen LogP contribution in [0.4, 0.5) is 0 Å². The second-order valence-electron chi connectivity index (χ2n) is 4.40. The fourth-order valence-electron chi connectivity index (χ4n) is 2.42. The van der Waals surface area contributed by atoms with Crippen molar-refractivity contribution < 1.29 is 14.3 Å². The molecule has 0 aromatic heterocycles. The summed E-state index contributed by atoms with van der Waals surface area (Å²) in [6.45, 7) is 3.96. The number of nitrogens with one attached hydrogen (secondary N) is 1. The van der Waals surface area contributed by atoms with Gasteiger partial charge in [0, 0.05) is 18.0 Å². The molecule has 4 nitrogen and oxygen atoms in total. The first kappa shape index (κ1) is 10.4. The van der Waals surface area contributed by atoms with Gasteiger partial charge in [-0.25, -0.2) is 0 Å². The Hall–Kier alpha value is -1.71. The molecular formula is C13H15NO3. The second kappa shape index (κ2) is 3.95. The first-order valence-corrected chi connectivity index (χ1v) is 6.01. The fourth-order valence-corrected chi connectivity index (χ4v) is 2.42. The molecule has 0 aliphatic carbocycles. The lowest BCUT2D eigenvalue weighted by Gasteiger charge is -2.27. The Morgan fingerprint density at radius 3 is 2.71 bits per heavy atom. The van der Waals surface area contributed by atoms with Crippen molar-refractivity contribution in [2.75, 3.05) is 19.8 Å². The molecule has 0 spiro atoms. The third kappa shape index (κ3) is 1.64. The number of rotatable bonds is 1. The summed E-state index contributed by atoms with van der Waals surface area (Å²) in [5.74, 6) is 1.81. The molecule has 0 saturated carbocycles. The van der Waals surface area contributed by atoms with Crippen LogP contribution in [0.3, 0.4) is 0 Å². The molecule has 17 heavy (non-hydrogen) atoms. The van der Waals surface area contributed by atoms with Crippen LogP contribution in [0.25, 0.3) is 0 Å². The predicted octanol–water partition coefficient (Wildman–Crippen LogP) is 1.69. The Morgan fingerprint density at radius 1 is 1.29 bits per heavy atom. The minimum Gasteiger partial charge on any atom is -0.486 e. The van der Waals surface area contributed by atoms with Crippen LogP contribution in [0.1, 0.15) is 35.2 Å². The Labute approximate surface area is 99.9 Å². The summed E-state index contributed by atoms with van der Waals surface area (Å²) in [5.41, 5.74) is 1.81. The van der Waals surface area contributed by atoms with Crippen molar-refractivity contribution in [2.24, 2.45) is 0 Å². The highest BCUT2D eigenvalue weighted by atomic mass is 16.6. The number of carbonyl (C=O) groups excluding carboxylic acids is 1. The van der Waals surface area contributed by atoms with Crippen LogP contribution in [0, 0.1) is 0 Å². The van der Waals surface area contributed by atoms with Gasteiger partial charge in [-0.1, -0.05) is 6.92 Å². The zero-order valence-corrected chi connectivity index (χ0v) is 9.79. The van der Waals surface area contributed by atoms with E-state index >= 15 is 0 Å². The minimum atomic E-state index is -0.0123. The molecule has 2 heterocycles. The lowest BCUT2D eigenvalue weighted by Crippen LogP contribution is -2.35. The second-order valence-corrected chi connectivity index (χ2v) is 4.40. The number of carbonyl (C=O) groups is 1. The topological polar surface area (TPSA) is 47.6 Å². The molecule has 90 valence electrons. The van der Waals surface area contributed by atoms with E-state index in [9.17, 15) is 4.79 Å². The van der Waals surface area contributed by atoms with Crippen molar-refractivity contribution in [1.82, 2.24) is 5.32 Å². The van der Waals surface area contributed by atoms with Gasteiger partial charge in [0.25, 0.3) is 5.91 Å². The number of ether oxygens (including phenoxy) is 2. The van der Waals surface area contributed by atoms with Crippen LogP contribution >= 0.6 is 0 Å². The maximum atomic E-state index is 11.8. The molecule has 0 radical (unpaired) electrons. The molecule has 0 bridgehead atoms. The average molecular weight is 233 g/mol. The van der Waals surface area contributed by atoms with Crippen molar-refractivity contribution in [2.45, 2.75) is 19.3 Å². The highest BCUT2D eigenvalue weighted by Crippen LogP contribution is 2.38. The third-order valence-corrected chi connectivity index (χ3v) is 3.40. The van der Waals surface area contributed by atoms with Crippen LogP contribution in [0.5, 0.6) is 11.5 Å². The van der Waals surface area contributed by atoms with Crippen molar-refractivity contribution in [3.63, 3.8) is 0 Å². The lowest BCUT2D eigenvalue weighted by molar-refractivity contribution is 0.0938. The molecule has 1 atom stereocenters. The summed E-state index contributed by atoms with van der Waals surface area (Å²) in [6, 6.07) is 3.78. The number of hydrogen-bond donors (Lipinski definition) is 1. The van der Waals surface area contributed by atoms with E-state index in [0.29, 0.717) is 31.4 Å². The Balaban J connectivity index is 2.12. The largest absolute Gasteiger partial charge is 0.486 e. The van der Waals surface area contributed by atoms with Crippen LogP contribution < -0.4 is 14.8 Å². The summed E-state index contributed by atoms with van der Waals surface area (Å²) in [5, 5.41) is 2.91. The standard InChI is InChI=1S/C13H15NO3/c1-2-8-7-14-13(15)10-6-12-11(5-9(8)10)16-3-4-17-12/h5-6,8H,2-4,7H2,1H3,(H,14,15). The molecule has 3 rings (SSSR count). The van der Waals surface area contributed by atoms with Gasteiger partial charge in [-0.2, -0.15) is 0 Å². The normalized spacial score (nSPS) is 21.7. The molecule has 1 aromatic rings. The van der Waals surface area contributed by atoms with E-state index in [1.165, 1.54) is 0 Å². The first-order chi connectivity index (χ1) is 8.29. The predicted molar refractivity (Wildman–Crippen MR) is 62.8 cm³/mol. The zero-order valence-electron chi connectivity index (χ0n) is 9.79. The van der Waals surface area contributed by atoms with Crippen molar-refractivity contribution in [3.05, 3.63) is 23.3 Å². The van der Waals surface area contributed by atoms with Crippen LogP contribution in [-0.2, 0) is 0 Å². The fraction of sp³-hybridized carbons (Fsp3) is 0.462. The molecule has 1 N–H and O–H groups in total. The van der Waals surface area contributed by atoms with Crippen LogP contribution in [0.15, 0.2) is 12.1 Å². The quantitative estimate of drug-likeness (QED) is 0.803. The Bertz CT molecular complexity index is 470. The number of amides is 1. The van der Waals surface area contributed by atoms with Gasteiger partial charge in [0.2, 0.25) is 0 Å². The molecule has 4 heteroatoms. The number of fused-ring (bicyclic) bond motifs is 2. The molecule has 1 unspecified atom stereocenters. The number of hydrogen-bond acceptors (Lipinski definition) is 3. The number of benzene rings is 1. The van der Waals surface area contributed by atoms with Gasteiger partial charge in [-0.05, 0) is 24.1 Å². The molecule has 2 aliphatic rings. The molecule has 2 aliphatic heterocycles. The monoisotopic (exact) mass is 233 g/mol. The maximum absolute atomic E-state index is 11.8. The molecular weight excluding hydrogens is 218 g/mol. The van der Waals surface area contributed by atoms with E-state index in [1.54, 1.807) is 6.07 Å². The van der Waals surface area contributed by atoms with Gasteiger partial charge >= 0.3 is 0 Å². The Morgan fingerprint density at radius 2 is 2.00 bits per heavy atom. The zero-order chi connectivity index (χ0) is 11.8. The highest BCUT2D eigenvalue weighted by Gasteiger charge is 2.27. The molecule has 1 amide bonds. The van der Waals surface area contributed by atoms with Crippen LogP contribution in [-0.4, -0.2) is 25.7 Å². The van der Waals surface area contributed by atoms with E-state index in [4.69, 9.17) is 9.47 Å². The van der Waals surface area contributed by atoms with Gasteiger partial charge < -0.3 is 14.8 Å². The Kier molecular flexibility index (Phi) is 2.42. The molecule has 1 aromatic carbocycles. The van der Waals surface area contributed by atoms with Crippen molar-refractivity contribution in [1.29, 1.82) is 0 Å². The smallest absolute Gasteiger partial charge is 0.251 e. The van der Waals surface area contributed by atoms with Crippen molar-refractivity contribution >= 4 is 5.91 Å². The molecule has 0 saturated heterocycles. The average Bonchev–Trinajstić information content (AvgIpc) is 2.38. The van der Waals surface area contributed by atoms with Gasteiger partial charge in [0.1, 0.15) is 13.2 Å². The van der Waals surface area contributed by atoms with Gasteiger partial charge in [-0.15, -0.1) is 0 Å². The minimum absolute atomic E-state index is 0.0123. The van der Waals surface area contributed by atoms with E-state index in [2.05, 4.69) is 12.2 Å². The highest BCUT2D eigenvalue weighted by molar-refractivity contribution is 5.97. The third-order valence-electron chi connectivity index (χ3n) is 3.40. The molecule has 0 fully saturated rings. The van der Waals surface area contributed by atoms with Gasteiger partial charge in [-0.3, -0.25) is 4.79 Å². The van der Waals surface area contributed by atoms with E-state index in [0.717, 1.165) is 23.3 Å². The van der Waals surface area contributed by atoms with E-state index in [1.807, 2.05) is 6.07 Å². The first-order valence-electron chi connectivity index (χ1n) is 6.01. The maximum Gasteiger partial charge on any atom is 0.251 e. The van der Waals surface area contributed by atoms with Crippen LogP contribution in [0.2, 0.25) is 0 Å². The van der Waals surface area contributed by atoms with Gasteiger partial charge in [0.15, 0.2) is 11.5 Å². The van der Waals surface area contributed by atoms with E-state index < -0.39 is 0 Å².